The second kappa shape index (κ2) is 6.34. The lowest BCUT2D eigenvalue weighted by atomic mass is 9.96. The molecule has 1 atom stereocenters. The predicted molar refractivity (Wildman–Crippen MR) is 75.4 cm³/mol. The molecule has 1 rings (SSSR count). The van der Waals surface area contributed by atoms with E-state index in [4.69, 9.17) is 11.6 Å². The second-order valence-corrected chi connectivity index (χ2v) is 5.61. The lowest BCUT2D eigenvalue weighted by Crippen LogP contribution is -2.52. The van der Waals surface area contributed by atoms with Crippen molar-refractivity contribution in [2.24, 2.45) is 0 Å². The summed E-state index contributed by atoms with van der Waals surface area (Å²) in [6.45, 7) is 3.32. The van der Waals surface area contributed by atoms with Crippen LogP contribution in [0.2, 0.25) is 5.15 Å². The monoisotopic (exact) mass is 348 g/mol. The lowest BCUT2D eigenvalue weighted by molar-refractivity contribution is -0.144. The summed E-state index contributed by atoms with van der Waals surface area (Å²) in [5, 5.41) is 11.7. The number of carboxylic acid groups (broad SMARTS) is 1. The standard InChI is InChI=1S/C12H14BrClN2O3/c1-3-4-12(2,11(18)19)16-10(17)8-5-7(13)6-15-9(8)14/h5-6H,3-4H2,1-2H3,(H,16,17)(H,18,19). The number of hydrogen-bond acceptors (Lipinski definition) is 3. The molecular weight excluding hydrogens is 336 g/mol. The fourth-order valence-corrected chi connectivity index (χ4v) is 2.14. The highest BCUT2D eigenvalue weighted by Crippen LogP contribution is 2.20. The number of amides is 1. The first-order valence-electron chi connectivity index (χ1n) is 5.67. The van der Waals surface area contributed by atoms with Gasteiger partial charge in [-0.3, -0.25) is 4.79 Å². The van der Waals surface area contributed by atoms with Gasteiger partial charge in [0.15, 0.2) is 0 Å². The molecular formula is C12H14BrClN2O3. The van der Waals surface area contributed by atoms with E-state index in [0.717, 1.165) is 0 Å². The largest absolute Gasteiger partial charge is 0.480 e. The van der Waals surface area contributed by atoms with Gasteiger partial charge in [-0.2, -0.15) is 0 Å². The van der Waals surface area contributed by atoms with Crippen molar-refractivity contribution in [3.8, 4) is 0 Å². The molecule has 0 fully saturated rings. The molecule has 0 bridgehead atoms. The molecule has 0 radical (unpaired) electrons. The zero-order valence-electron chi connectivity index (χ0n) is 10.5. The Labute approximate surface area is 124 Å². The van der Waals surface area contributed by atoms with E-state index in [1.807, 2.05) is 6.92 Å². The quantitative estimate of drug-likeness (QED) is 0.801. The topological polar surface area (TPSA) is 79.3 Å². The molecule has 1 aromatic heterocycles. The van der Waals surface area contributed by atoms with Crippen LogP contribution in [0.1, 0.15) is 37.0 Å². The Morgan fingerprint density at radius 2 is 2.21 bits per heavy atom. The molecule has 2 N–H and O–H groups in total. The van der Waals surface area contributed by atoms with Gasteiger partial charge in [-0.1, -0.05) is 24.9 Å². The molecule has 0 aliphatic rings. The number of halogens is 2. The molecule has 5 nitrogen and oxygen atoms in total. The molecule has 1 unspecified atom stereocenters. The maximum atomic E-state index is 12.1. The third-order valence-corrected chi connectivity index (χ3v) is 3.40. The normalized spacial score (nSPS) is 13.7. The van der Waals surface area contributed by atoms with Gasteiger partial charge in [-0.05, 0) is 35.3 Å². The Kier molecular flexibility index (Phi) is 5.31. The minimum absolute atomic E-state index is 0.0323. The number of rotatable bonds is 5. The highest BCUT2D eigenvalue weighted by atomic mass is 79.9. The van der Waals surface area contributed by atoms with Crippen molar-refractivity contribution in [3.63, 3.8) is 0 Å². The highest BCUT2D eigenvalue weighted by Gasteiger charge is 2.34. The van der Waals surface area contributed by atoms with Gasteiger partial charge in [0.1, 0.15) is 10.7 Å². The summed E-state index contributed by atoms with van der Waals surface area (Å²) in [5.74, 6) is -1.64. The third-order valence-electron chi connectivity index (χ3n) is 2.66. The first kappa shape index (κ1) is 15.9. The van der Waals surface area contributed by atoms with Crippen LogP contribution >= 0.6 is 27.5 Å². The number of carboxylic acids is 1. The number of aliphatic carboxylic acids is 1. The van der Waals surface area contributed by atoms with Crippen molar-refractivity contribution in [1.29, 1.82) is 0 Å². The van der Waals surface area contributed by atoms with Gasteiger partial charge in [-0.15, -0.1) is 0 Å². The van der Waals surface area contributed by atoms with Crippen LogP contribution in [-0.2, 0) is 4.79 Å². The number of hydrogen-bond donors (Lipinski definition) is 2. The van der Waals surface area contributed by atoms with Gasteiger partial charge in [0.2, 0.25) is 0 Å². The molecule has 0 saturated carbocycles. The van der Waals surface area contributed by atoms with Crippen LogP contribution in [0.25, 0.3) is 0 Å². The number of carbonyl (C=O) groups excluding carboxylic acids is 1. The molecule has 0 aliphatic carbocycles. The van der Waals surface area contributed by atoms with Crippen LogP contribution in [0, 0.1) is 0 Å². The van der Waals surface area contributed by atoms with Gasteiger partial charge >= 0.3 is 5.97 Å². The van der Waals surface area contributed by atoms with E-state index >= 15 is 0 Å². The van der Waals surface area contributed by atoms with Crippen molar-refractivity contribution in [3.05, 3.63) is 27.5 Å². The Balaban J connectivity index is 3.00. The van der Waals surface area contributed by atoms with Crippen LogP contribution in [0.5, 0.6) is 0 Å². The Morgan fingerprint density at radius 1 is 1.58 bits per heavy atom. The molecule has 1 amide bonds. The van der Waals surface area contributed by atoms with Crippen molar-refractivity contribution in [1.82, 2.24) is 10.3 Å². The molecule has 19 heavy (non-hydrogen) atoms. The average Bonchev–Trinajstić information content (AvgIpc) is 2.32. The zero-order valence-corrected chi connectivity index (χ0v) is 12.9. The fourth-order valence-electron chi connectivity index (χ4n) is 1.62. The SMILES string of the molecule is CCCC(C)(NC(=O)c1cc(Br)cnc1Cl)C(=O)O. The minimum atomic E-state index is -1.32. The Hall–Kier alpha value is -1.14. The number of carbonyl (C=O) groups is 2. The van der Waals surface area contributed by atoms with Crippen LogP contribution in [0.3, 0.4) is 0 Å². The van der Waals surface area contributed by atoms with Gasteiger partial charge in [-0.25, -0.2) is 9.78 Å². The van der Waals surface area contributed by atoms with Crippen LogP contribution in [0.15, 0.2) is 16.7 Å². The summed E-state index contributed by atoms with van der Waals surface area (Å²) in [5.41, 5.74) is -1.18. The predicted octanol–water partition coefficient (Wildman–Crippen LogP) is 2.87. The van der Waals surface area contributed by atoms with Gasteiger partial charge < -0.3 is 10.4 Å². The third kappa shape index (κ3) is 3.91. The van der Waals surface area contributed by atoms with Crippen molar-refractivity contribution < 1.29 is 14.7 Å². The molecule has 0 aliphatic heterocycles. The number of pyridine rings is 1. The van der Waals surface area contributed by atoms with E-state index in [1.54, 1.807) is 0 Å². The zero-order chi connectivity index (χ0) is 14.6. The molecule has 0 spiro atoms. The van der Waals surface area contributed by atoms with Gasteiger partial charge in [0.25, 0.3) is 5.91 Å². The van der Waals surface area contributed by atoms with Gasteiger partial charge in [0.05, 0.1) is 5.56 Å². The second-order valence-electron chi connectivity index (χ2n) is 4.33. The summed E-state index contributed by atoms with van der Waals surface area (Å²) < 4.78 is 0.592. The summed E-state index contributed by atoms with van der Waals surface area (Å²) >= 11 is 9.02. The van der Waals surface area contributed by atoms with E-state index in [1.165, 1.54) is 19.2 Å². The average molecular weight is 350 g/mol. The van der Waals surface area contributed by atoms with E-state index in [0.29, 0.717) is 17.3 Å². The summed E-state index contributed by atoms with van der Waals surface area (Å²) in [6.07, 6.45) is 2.42. The molecule has 7 heteroatoms. The maximum absolute atomic E-state index is 12.1. The molecule has 104 valence electrons. The van der Waals surface area contributed by atoms with E-state index in [-0.39, 0.29) is 10.7 Å². The smallest absolute Gasteiger partial charge is 0.329 e. The van der Waals surface area contributed by atoms with Crippen molar-refractivity contribution >= 4 is 39.4 Å². The number of nitrogens with zero attached hydrogens (tertiary/aromatic N) is 1. The van der Waals surface area contributed by atoms with Crippen molar-refractivity contribution in [2.75, 3.05) is 0 Å². The summed E-state index contributed by atoms with van der Waals surface area (Å²) in [7, 11) is 0. The number of aromatic nitrogens is 1. The fraction of sp³-hybridized carbons (Fsp3) is 0.417. The van der Waals surface area contributed by atoms with Gasteiger partial charge in [0, 0.05) is 10.7 Å². The van der Waals surface area contributed by atoms with Crippen molar-refractivity contribution in [2.45, 2.75) is 32.2 Å². The molecule has 1 aromatic rings. The lowest BCUT2D eigenvalue weighted by Gasteiger charge is -2.25. The van der Waals surface area contributed by atoms with E-state index in [9.17, 15) is 14.7 Å². The van der Waals surface area contributed by atoms with E-state index in [2.05, 4.69) is 26.2 Å². The highest BCUT2D eigenvalue weighted by molar-refractivity contribution is 9.10. The summed E-state index contributed by atoms with van der Waals surface area (Å²) in [6, 6.07) is 1.50. The Morgan fingerprint density at radius 3 is 2.74 bits per heavy atom. The van der Waals surface area contributed by atoms with Crippen LogP contribution in [0.4, 0.5) is 0 Å². The molecule has 0 saturated heterocycles. The molecule has 0 aromatic carbocycles. The van der Waals surface area contributed by atoms with E-state index < -0.39 is 17.4 Å². The maximum Gasteiger partial charge on any atom is 0.329 e. The van der Waals surface area contributed by atoms with Crippen LogP contribution in [-0.4, -0.2) is 27.5 Å². The van der Waals surface area contributed by atoms with Crippen LogP contribution < -0.4 is 5.32 Å². The molecule has 1 heterocycles. The minimum Gasteiger partial charge on any atom is -0.480 e. The number of nitrogens with one attached hydrogen (secondary N) is 1. The first-order chi connectivity index (χ1) is 8.80. The Bertz CT molecular complexity index is 510. The summed E-state index contributed by atoms with van der Waals surface area (Å²) in [4.78, 5) is 27.2. The first-order valence-corrected chi connectivity index (χ1v) is 6.84.